The molecular weight excluding hydrogens is 228 g/mol. The van der Waals surface area contributed by atoms with Crippen molar-refractivity contribution in [3.05, 3.63) is 36.5 Å². The number of nitrogens with one attached hydrogen (secondary N) is 1. The molecular formula is C14H14N2O2. The molecule has 2 aromatic rings. The number of aldehydes is 1. The number of ketones is 1. The Balaban J connectivity index is 2.36. The molecule has 0 aliphatic heterocycles. The molecule has 2 rings (SSSR count). The van der Waals surface area contributed by atoms with Crippen LogP contribution in [-0.4, -0.2) is 23.1 Å². The van der Waals surface area contributed by atoms with E-state index < -0.39 is 6.04 Å². The second-order valence-electron chi connectivity index (χ2n) is 4.09. The number of Topliss-reactive ketones (excluding diaryl/α,β-unsaturated/α-hetero) is 1. The number of hydrogen-bond acceptors (Lipinski definition) is 4. The van der Waals surface area contributed by atoms with Crippen LogP contribution in [0.2, 0.25) is 0 Å². The number of nitrogens with zero attached hydrogens (tertiary/aromatic N) is 1. The molecule has 0 bridgehead atoms. The zero-order valence-electron chi connectivity index (χ0n) is 10.1. The van der Waals surface area contributed by atoms with Crippen molar-refractivity contribution < 1.29 is 9.59 Å². The number of fused-ring (bicyclic) bond motifs is 1. The molecule has 18 heavy (non-hydrogen) atoms. The summed E-state index contributed by atoms with van der Waals surface area (Å²) in [6, 6.07) is 9.03. The number of para-hydroxylation sites is 1. The first kappa shape index (κ1) is 12.2. The largest absolute Gasteiger partial charge is 0.373 e. The summed E-state index contributed by atoms with van der Waals surface area (Å²) >= 11 is 0. The van der Waals surface area contributed by atoms with Gasteiger partial charge in [-0.05, 0) is 19.1 Å². The molecule has 4 heteroatoms. The maximum Gasteiger partial charge on any atom is 0.152 e. The van der Waals surface area contributed by atoms with Crippen LogP contribution in [0.1, 0.15) is 13.3 Å². The number of pyridine rings is 1. The molecule has 0 saturated heterocycles. The number of hydrogen-bond donors (Lipinski definition) is 1. The zero-order valence-corrected chi connectivity index (χ0v) is 10.1. The van der Waals surface area contributed by atoms with Crippen LogP contribution in [0.5, 0.6) is 0 Å². The van der Waals surface area contributed by atoms with Gasteiger partial charge in [-0.25, -0.2) is 0 Å². The van der Waals surface area contributed by atoms with Crippen LogP contribution >= 0.6 is 0 Å². The number of carbonyl (C=O) groups excluding carboxylic acids is 2. The Morgan fingerprint density at radius 1 is 1.39 bits per heavy atom. The van der Waals surface area contributed by atoms with E-state index in [2.05, 4.69) is 10.3 Å². The second-order valence-corrected chi connectivity index (χ2v) is 4.09. The Morgan fingerprint density at radius 2 is 2.17 bits per heavy atom. The summed E-state index contributed by atoms with van der Waals surface area (Å²) in [5, 5.41) is 4.08. The molecule has 0 fully saturated rings. The van der Waals surface area contributed by atoms with Crippen LogP contribution in [0, 0.1) is 0 Å². The van der Waals surface area contributed by atoms with Crippen LogP contribution in [0.25, 0.3) is 10.9 Å². The molecule has 1 aromatic carbocycles. The Morgan fingerprint density at radius 3 is 2.89 bits per heavy atom. The molecule has 0 aliphatic rings. The van der Waals surface area contributed by atoms with Crippen molar-refractivity contribution in [2.75, 3.05) is 5.32 Å². The van der Waals surface area contributed by atoms with Crippen molar-refractivity contribution in [1.29, 1.82) is 0 Å². The first-order chi connectivity index (χ1) is 8.72. The first-order valence-corrected chi connectivity index (χ1v) is 5.76. The van der Waals surface area contributed by atoms with E-state index in [1.807, 2.05) is 30.3 Å². The standard InChI is InChI=1S/C14H14N2O2/c1-10(18)12(7-9-17)16-13-6-2-4-11-5-3-8-15-14(11)13/h2-6,8-9,12,16H,7H2,1H3. The lowest BCUT2D eigenvalue weighted by Gasteiger charge is -2.15. The fraction of sp³-hybridized carbons (Fsp3) is 0.214. The number of aromatic nitrogens is 1. The maximum absolute atomic E-state index is 11.4. The quantitative estimate of drug-likeness (QED) is 0.816. The molecule has 1 heterocycles. The summed E-state index contributed by atoms with van der Waals surface area (Å²) in [5.74, 6) is -0.0602. The summed E-state index contributed by atoms with van der Waals surface area (Å²) in [6.07, 6.45) is 2.62. The van der Waals surface area contributed by atoms with Crippen molar-refractivity contribution in [2.45, 2.75) is 19.4 Å². The van der Waals surface area contributed by atoms with Crippen molar-refractivity contribution in [3.8, 4) is 0 Å². The van der Waals surface area contributed by atoms with E-state index in [4.69, 9.17) is 0 Å². The summed E-state index contributed by atoms with van der Waals surface area (Å²) in [4.78, 5) is 26.3. The third-order valence-corrected chi connectivity index (χ3v) is 2.79. The van der Waals surface area contributed by atoms with E-state index in [0.717, 1.165) is 22.9 Å². The van der Waals surface area contributed by atoms with Crippen LogP contribution in [0.4, 0.5) is 5.69 Å². The van der Waals surface area contributed by atoms with E-state index in [9.17, 15) is 9.59 Å². The van der Waals surface area contributed by atoms with Crippen molar-refractivity contribution in [2.24, 2.45) is 0 Å². The van der Waals surface area contributed by atoms with Gasteiger partial charge in [-0.1, -0.05) is 18.2 Å². The fourth-order valence-corrected chi connectivity index (χ4v) is 1.83. The lowest BCUT2D eigenvalue weighted by molar-refractivity contribution is -0.119. The minimum atomic E-state index is -0.491. The van der Waals surface area contributed by atoms with Gasteiger partial charge in [0.15, 0.2) is 5.78 Å². The highest BCUT2D eigenvalue weighted by molar-refractivity contribution is 5.93. The zero-order chi connectivity index (χ0) is 13.0. The summed E-state index contributed by atoms with van der Waals surface area (Å²) in [6.45, 7) is 1.47. The SMILES string of the molecule is CC(=O)C(CC=O)Nc1cccc2cccnc12. The van der Waals surface area contributed by atoms with E-state index in [0.29, 0.717) is 0 Å². The minimum Gasteiger partial charge on any atom is -0.373 e. The second kappa shape index (κ2) is 5.40. The third-order valence-electron chi connectivity index (χ3n) is 2.79. The Labute approximate surface area is 105 Å². The van der Waals surface area contributed by atoms with Crippen molar-refractivity contribution >= 4 is 28.7 Å². The molecule has 1 atom stereocenters. The molecule has 1 aromatic heterocycles. The highest BCUT2D eigenvalue weighted by Gasteiger charge is 2.14. The third kappa shape index (κ3) is 2.53. The molecule has 1 unspecified atom stereocenters. The van der Waals surface area contributed by atoms with E-state index in [1.54, 1.807) is 6.20 Å². The van der Waals surface area contributed by atoms with Crippen LogP contribution in [0.3, 0.4) is 0 Å². The van der Waals surface area contributed by atoms with Crippen molar-refractivity contribution in [1.82, 2.24) is 4.98 Å². The van der Waals surface area contributed by atoms with Gasteiger partial charge in [0.05, 0.1) is 17.2 Å². The molecule has 0 spiro atoms. The molecule has 1 N–H and O–H groups in total. The van der Waals surface area contributed by atoms with Crippen LogP contribution in [0.15, 0.2) is 36.5 Å². The highest BCUT2D eigenvalue weighted by atomic mass is 16.1. The number of benzene rings is 1. The van der Waals surface area contributed by atoms with Gasteiger partial charge in [0.1, 0.15) is 6.29 Å². The van der Waals surface area contributed by atoms with Gasteiger partial charge in [0.2, 0.25) is 0 Å². The van der Waals surface area contributed by atoms with E-state index in [1.165, 1.54) is 6.92 Å². The number of carbonyl (C=O) groups is 2. The average Bonchev–Trinajstić information content (AvgIpc) is 2.38. The average molecular weight is 242 g/mol. The van der Waals surface area contributed by atoms with Gasteiger partial charge in [-0.2, -0.15) is 0 Å². The van der Waals surface area contributed by atoms with E-state index >= 15 is 0 Å². The Bertz CT molecular complexity index is 576. The van der Waals surface area contributed by atoms with Gasteiger partial charge in [0, 0.05) is 18.0 Å². The summed E-state index contributed by atoms with van der Waals surface area (Å²) in [7, 11) is 0. The highest BCUT2D eigenvalue weighted by Crippen LogP contribution is 2.21. The van der Waals surface area contributed by atoms with Crippen molar-refractivity contribution in [3.63, 3.8) is 0 Å². The van der Waals surface area contributed by atoms with Gasteiger partial charge < -0.3 is 10.1 Å². The topological polar surface area (TPSA) is 59.1 Å². The predicted molar refractivity (Wildman–Crippen MR) is 70.5 cm³/mol. The first-order valence-electron chi connectivity index (χ1n) is 5.76. The maximum atomic E-state index is 11.4. The smallest absolute Gasteiger partial charge is 0.152 e. The Hall–Kier alpha value is -2.23. The summed E-state index contributed by atoms with van der Waals surface area (Å²) < 4.78 is 0. The van der Waals surface area contributed by atoms with E-state index in [-0.39, 0.29) is 12.2 Å². The fourth-order valence-electron chi connectivity index (χ4n) is 1.83. The molecule has 0 amide bonds. The molecule has 0 radical (unpaired) electrons. The normalized spacial score (nSPS) is 12.1. The van der Waals surface area contributed by atoms with Crippen LogP contribution in [-0.2, 0) is 9.59 Å². The van der Waals surface area contributed by atoms with Gasteiger partial charge >= 0.3 is 0 Å². The lowest BCUT2D eigenvalue weighted by atomic mass is 10.1. The van der Waals surface area contributed by atoms with Gasteiger partial charge in [-0.3, -0.25) is 9.78 Å². The molecule has 4 nitrogen and oxygen atoms in total. The minimum absolute atomic E-state index is 0.0602. The lowest BCUT2D eigenvalue weighted by Crippen LogP contribution is -2.27. The van der Waals surface area contributed by atoms with Gasteiger partial charge in [0.25, 0.3) is 0 Å². The summed E-state index contributed by atoms with van der Waals surface area (Å²) in [5.41, 5.74) is 1.58. The molecule has 0 aliphatic carbocycles. The van der Waals surface area contributed by atoms with Crippen LogP contribution < -0.4 is 5.32 Å². The molecule has 92 valence electrons. The molecule has 0 saturated carbocycles. The Kier molecular flexibility index (Phi) is 3.67. The predicted octanol–water partition coefficient (Wildman–Crippen LogP) is 2.19. The van der Waals surface area contributed by atoms with Gasteiger partial charge in [-0.15, -0.1) is 0 Å². The monoisotopic (exact) mass is 242 g/mol. The number of anilines is 1. The number of rotatable bonds is 5.